The van der Waals surface area contributed by atoms with E-state index < -0.39 is 9.84 Å². The number of anilines is 2. The summed E-state index contributed by atoms with van der Waals surface area (Å²) in [6.07, 6.45) is 0.562. The predicted molar refractivity (Wildman–Crippen MR) is 101 cm³/mol. The Bertz CT molecular complexity index is 926. The van der Waals surface area contributed by atoms with E-state index in [4.69, 9.17) is 0 Å². The minimum absolute atomic E-state index is 0.109. The lowest BCUT2D eigenvalue weighted by atomic mass is 10.2. The maximum absolute atomic E-state index is 12.5. The molecule has 1 N–H and O–H groups in total. The predicted octanol–water partition coefficient (Wildman–Crippen LogP) is 1.97. The molecule has 138 valence electrons. The number of nitrogens with zero attached hydrogens (tertiary/aromatic N) is 3. The van der Waals surface area contributed by atoms with Crippen LogP contribution in [-0.4, -0.2) is 48.9 Å². The van der Waals surface area contributed by atoms with Gasteiger partial charge in [0.05, 0.1) is 11.5 Å². The Balaban J connectivity index is 1.80. The van der Waals surface area contributed by atoms with E-state index in [9.17, 15) is 13.2 Å². The zero-order valence-electron chi connectivity index (χ0n) is 15.1. The maximum atomic E-state index is 12.5. The number of aryl methyl sites for hydroxylation is 2. The van der Waals surface area contributed by atoms with Gasteiger partial charge >= 0.3 is 0 Å². The monoisotopic (exact) mass is 374 g/mol. The van der Waals surface area contributed by atoms with Crippen molar-refractivity contribution >= 4 is 27.2 Å². The maximum Gasteiger partial charge on any atom is 0.274 e. The van der Waals surface area contributed by atoms with Crippen molar-refractivity contribution in [1.82, 2.24) is 9.97 Å². The number of benzene rings is 1. The van der Waals surface area contributed by atoms with Crippen molar-refractivity contribution in [3.05, 3.63) is 47.4 Å². The smallest absolute Gasteiger partial charge is 0.274 e. The first kappa shape index (κ1) is 18.3. The lowest BCUT2D eigenvalue weighted by molar-refractivity contribution is 0.102. The second kappa shape index (κ2) is 7.03. The van der Waals surface area contributed by atoms with Crippen molar-refractivity contribution < 1.29 is 13.2 Å². The van der Waals surface area contributed by atoms with Crippen LogP contribution in [0.5, 0.6) is 0 Å². The van der Waals surface area contributed by atoms with Gasteiger partial charge in [-0.2, -0.15) is 0 Å². The molecule has 1 fully saturated rings. The summed E-state index contributed by atoms with van der Waals surface area (Å²) in [5.74, 6) is 0.982. The van der Waals surface area contributed by atoms with Gasteiger partial charge in [-0.25, -0.2) is 18.4 Å². The van der Waals surface area contributed by atoms with E-state index in [-0.39, 0.29) is 29.1 Å². The molecule has 1 aliphatic rings. The minimum Gasteiger partial charge on any atom is -0.356 e. The average Bonchev–Trinajstić information content (AvgIpc) is 2.95. The highest BCUT2D eigenvalue weighted by atomic mass is 32.2. The van der Waals surface area contributed by atoms with Gasteiger partial charge in [-0.05, 0) is 32.4 Å². The fourth-order valence-electron chi connectivity index (χ4n) is 2.95. The molecular weight excluding hydrogens is 352 g/mol. The normalized spacial score (nSPS) is 18.5. The molecule has 1 atom stereocenters. The third kappa shape index (κ3) is 4.19. The first-order chi connectivity index (χ1) is 12.2. The molecule has 1 aromatic heterocycles. The molecule has 1 aromatic carbocycles. The summed E-state index contributed by atoms with van der Waals surface area (Å²) < 4.78 is 23.4. The van der Waals surface area contributed by atoms with Gasteiger partial charge in [0.15, 0.2) is 9.84 Å². The Morgan fingerprint density at radius 3 is 2.50 bits per heavy atom. The number of sulfone groups is 1. The Hall–Kier alpha value is -2.48. The second-order valence-electron chi connectivity index (χ2n) is 6.65. The molecule has 1 saturated heterocycles. The highest BCUT2D eigenvalue weighted by Crippen LogP contribution is 2.22. The molecule has 0 spiro atoms. The second-order valence-corrected chi connectivity index (χ2v) is 8.88. The molecule has 0 bridgehead atoms. The van der Waals surface area contributed by atoms with Crippen molar-refractivity contribution in [2.45, 2.75) is 26.3 Å². The van der Waals surface area contributed by atoms with E-state index in [2.05, 4.69) is 15.3 Å². The number of aromatic nitrogens is 2. The summed E-state index contributed by atoms with van der Waals surface area (Å²) in [5.41, 5.74) is 2.05. The first-order valence-corrected chi connectivity index (χ1v) is 10.2. The zero-order chi connectivity index (χ0) is 18.9. The Kier molecular flexibility index (Phi) is 4.95. The van der Waals surface area contributed by atoms with Crippen LogP contribution >= 0.6 is 0 Å². The van der Waals surface area contributed by atoms with Crippen LogP contribution < -0.4 is 10.2 Å². The number of carbonyl (C=O) groups excluding carboxylic acids is 1. The molecule has 0 radical (unpaired) electrons. The standard InChI is InChI=1S/C18H22N4O3S/c1-12-4-6-14(7-5-12)21-18(23)16-10-17(20-13(2)19-16)22(3)15-8-9-26(24,25)11-15/h4-7,10,15H,8-9,11H2,1-3H3,(H,21,23). The number of amides is 1. The van der Waals surface area contributed by atoms with Crippen molar-refractivity contribution in [1.29, 1.82) is 0 Å². The molecule has 3 rings (SSSR count). The molecule has 2 heterocycles. The van der Waals surface area contributed by atoms with Gasteiger partial charge in [-0.1, -0.05) is 17.7 Å². The van der Waals surface area contributed by atoms with Crippen molar-refractivity contribution in [2.24, 2.45) is 0 Å². The molecule has 26 heavy (non-hydrogen) atoms. The summed E-state index contributed by atoms with van der Waals surface area (Å²) in [4.78, 5) is 22.9. The lowest BCUT2D eigenvalue weighted by Crippen LogP contribution is -2.33. The van der Waals surface area contributed by atoms with Gasteiger partial charge in [-0.3, -0.25) is 4.79 Å². The van der Waals surface area contributed by atoms with Gasteiger partial charge in [-0.15, -0.1) is 0 Å². The fourth-order valence-corrected chi connectivity index (χ4v) is 4.72. The van der Waals surface area contributed by atoms with Crippen LogP contribution in [-0.2, 0) is 9.84 Å². The van der Waals surface area contributed by atoms with Crippen molar-refractivity contribution in [3.63, 3.8) is 0 Å². The molecule has 2 aromatic rings. The summed E-state index contributed by atoms with van der Waals surface area (Å²) in [6, 6.07) is 8.96. The number of carbonyl (C=O) groups is 1. The van der Waals surface area contributed by atoms with Crippen molar-refractivity contribution in [3.8, 4) is 0 Å². The number of hydrogen-bond donors (Lipinski definition) is 1. The lowest BCUT2D eigenvalue weighted by Gasteiger charge is -2.25. The molecule has 0 aliphatic carbocycles. The van der Waals surface area contributed by atoms with Crippen LogP contribution in [0.1, 0.15) is 28.3 Å². The van der Waals surface area contributed by atoms with E-state index in [1.807, 2.05) is 36.1 Å². The quantitative estimate of drug-likeness (QED) is 0.880. The van der Waals surface area contributed by atoms with Gasteiger partial charge in [0.2, 0.25) is 0 Å². The highest BCUT2D eigenvalue weighted by Gasteiger charge is 2.31. The van der Waals surface area contributed by atoms with Gasteiger partial charge in [0.25, 0.3) is 5.91 Å². The van der Waals surface area contributed by atoms with Gasteiger partial charge in [0, 0.05) is 24.8 Å². The van der Waals surface area contributed by atoms with E-state index in [0.29, 0.717) is 23.8 Å². The summed E-state index contributed by atoms with van der Waals surface area (Å²) in [7, 11) is -1.19. The van der Waals surface area contributed by atoms with E-state index >= 15 is 0 Å². The van der Waals surface area contributed by atoms with Crippen LogP contribution in [0.4, 0.5) is 11.5 Å². The van der Waals surface area contributed by atoms with Crippen LogP contribution in [0.2, 0.25) is 0 Å². The van der Waals surface area contributed by atoms with Crippen LogP contribution in [0, 0.1) is 13.8 Å². The van der Waals surface area contributed by atoms with Crippen LogP contribution in [0.3, 0.4) is 0 Å². The fraction of sp³-hybridized carbons (Fsp3) is 0.389. The van der Waals surface area contributed by atoms with Crippen LogP contribution in [0.25, 0.3) is 0 Å². The molecule has 8 heteroatoms. The van der Waals surface area contributed by atoms with E-state index in [1.165, 1.54) is 0 Å². The molecular formula is C18H22N4O3S. The first-order valence-electron chi connectivity index (χ1n) is 8.40. The third-order valence-corrected chi connectivity index (χ3v) is 6.23. The molecule has 1 amide bonds. The average molecular weight is 374 g/mol. The summed E-state index contributed by atoms with van der Waals surface area (Å²) in [6.45, 7) is 3.69. The topological polar surface area (TPSA) is 92.3 Å². The molecule has 1 aliphatic heterocycles. The number of nitrogens with one attached hydrogen (secondary N) is 1. The van der Waals surface area contributed by atoms with Gasteiger partial charge in [0.1, 0.15) is 17.3 Å². The number of rotatable bonds is 4. The Morgan fingerprint density at radius 1 is 1.19 bits per heavy atom. The zero-order valence-corrected chi connectivity index (χ0v) is 15.9. The minimum atomic E-state index is -2.99. The summed E-state index contributed by atoms with van der Waals surface area (Å²) >= 11 is 0. The largest absolute Gasteiger partial charge is 0.356 e. The number of hydrogen-bond acceptors (Lipinski definition) is 6. The van der Waals surface area contributed by atoms with E-state index in [0.717, 1.165) is 5.56 Å². The summed E-state index contributed by atoms with van der Waals surface area (Å²) in [5, 5.41) is 2.82. The molecule has 0 saturated carbocycles. The third-order valence-electron chi connectivity index (χ3n) is 4.48. The molecule has 1 unspecified atom stereocenters. The van der Waals surface area contributed by atoms with Crippen molar-refractivity contribution in [2.75, 3.05) is 28.8 Å². The van der Waals surface area contributed by atoms with Gasteiger partial charge < -0.3 is 10.2 Å². The Morgan fingerprint density at radius 2 is 1.88 bits per heavy atom. The van der Waals surface area contributed by atoms with Crippen LogP contribution in [0.15, 0.2) is 30.3 Å². The molecule has 7 nitrogen and oxygen atoms in total. The SMILES string of the molecule is Cc1ccc(NC(=O)c2cc(N(C)C3CCS(=O)(=O)C3)nc(C)n2)cc1. The van der Waals surface area contributed by atoms with E-state index in [1.54, 1.807) is 20.0 Å². The Labute approximate surface area is 153 Å². The highest BCUT2D eigenvalue weighted by molar-refractivity contribution is 7.91.